The Morgan fingerprint density at radius 1 is 1.03 bits per heavy atom. The van der Waals surface area contributed by atoms with E-state index in [1.807, 2.05) is 53.4 Å². The van der Waals surface area contributed by atoms with Crippen LogP contribution in [-0.2, 0) is 6.54 Å². The van der Waals surface area contributed by atoms with E-state index in [4.69, 9.17) is 0 Å². The van der Waals surface area contributed by atoms with Crippen molar-refractivity contribution < 1.29 is 13.6 Å². The highest BCUT2D eigenvalue weighted by atomic mass is 19.3. The van der Waals surface area contributed by atoms with Crippen molar-refractivity contribution in [1.29, 1.82) is 0 Å². The number of amides is 2. The number of carbonyl (C=O) groups is 1. The number of para-hydroxylation sites is 1. The van der Waals surface area contributed by atoms with Gasteiger partial charge in [-0.15, -0.1) is 0 Å². The summed E-state index contributed by atoms with van der Waals surface area (Å²) in [6, 6.07) is 19.5. The Morgan fingerprint density at radius 3 is 2.53 bits per heavy atom. The van der Waals surface area contributed by atoms with Crippen molar-refractivity contribution >= 4 is 22.6 Å². The van der Waals surface area contributed by atoms with Gasteiger partial charge in [0.05, 0.1) is 12.1 Å². The summed E-state index contributed by atoms with van der Waals surface area (Å²) in [6.07, 6.45) is 5.06. The van der Waals surface area contributed by atoms with Crippen LogP contribution in [0.3, 0.4) is 0 Å². The normalized spacial score (nSPS) is 14.9. The van der Waals surface area contributed by atoms with E-state index in [0.29, 0.717) is 31.2 Å². The lowest BCUT2D eigenvalue weighted by Crippen LogP contribution is -2.36. The second-order valence-electron chi connectivity index (χ2n) is 9.15. The minimum atomic E-state index is -2.28. The molecule has 8 heteroatoms. The molecule has 36 heavy (non-hydrogen) atoms. The second kappa shape index (κ2) is 10.9. The molecule has 0 saturated carbocycles. The van der Waals surface area contributed by atoms with E-state index >= 15 is 0 Å². The van der Waals surface area contributed by atoms with Gasteiger partial charge in [-0.1, -0.05) is 24.3 Å². The third kappa shape index (κ3) is 5.54. The van der Waals surface area contributed by atoms with Gasteiger partial charge >= 0.3 is 6.03 Å². The predicted molar refractivity (Wildman–Crippen MR) is 138 cm³/mol. The fourth-order valence-electron chi connectivity index (χ4n) is 4.93. The molecule has 6 nitrogen and oxygen atoms in total. The summed E-state index contributed by atoms with van der Waals surface area (Å²) in [4.78, 5) is 18.2. The molecule has 0 unspecified atom stereocenters. The molecule has 1 aliphatic heterocycles. The molecule has 0 bridgehead atoms. The summed E-state index contributed by atoms with van der Waals surface area (Å²) in [5.41, 5.74) is 4.99. The first-order valence-corrected chi connectivity index (χ1v) is 12.2. The largest absolute Gasteiger partial charge is 0.334 e. The standard InChI is InChI=1S/C28H29F2N5O/c29-27(30)19-34-14-11-21(12-15-34)25-18-35(26-6-2-1-5-24(25)26)23-9-7-22(8-10-23)33-28(36)32-17-20-4-3-13-31-16-20/h1-10,13,16,18,21,27H,11-12,14-15,17,19H2,(H2,32,33,36). The van der Waals surface area contributed by atoms with Gasteiger partial charge < -0.3 is 15.2 Å². The fourth-order valence-corrected chi connectivity index (χ4v) is 4.93. The summed E-state index contributed by atoms with van der Waals surface area (Å²) in [6.45, 7) is 1.64. The van der Waals surface area contributed by atoms with Gasteiger partial charge in [0.1, 0.15) is 0 Å². The Bertz CT molecular complexity index is 1300. The van der Waals surface area contributed by atoms with Crippen LogP contribution >= 0.6 is 0 Å². The maximum absolute atomic E-state index is 12.8. The molecule has 0 atom stereocenters. The van der Waals surface area contributed by atoms with Crippen LogP contribution in [0.4, 0.5) is 19.3 Å². The molecule has 2 amide bonds. The molecule has 3 heterocycles. The first-order chi connectivity index (χ1) is 17.6. The number of hydrogen-bond acceptors (Lipinski definition) is 3. The quantitative estimate of drug-likeness (QED) is 0.345. The first kappa shape index (κ1) is 23.9. The minimum Gasteiger partial charge on any atom is -0.334 e. The number of hydrogen-bond donors (Lipinski definition) is 2. The Balaban J connectivity index is 1.28. The zero-order valence-electron chi connectivity index (χ0n) is 19.9. The number of likely N-dealkylation sites (tertiary alicyclic amines) is 1. The summed E-state index contributed by atoms with van der Waals surface area (Å²) in [5.74, 6) is 0.342. The lowest BCUT2D eigenvalue weighted by atomic mass is 9.89. The van der Waals surface area contributed by atoms with Gasteiger partial charge in [0.2, 0.25) is 0 Å². The topological polar surface area (TPSA) is 62.2 Å². The van der Waals surface area contributed by atoms with Gasteiger partial charge in [-0.3, -0.25) is 9.88 Å². The smallest absolute Gasteiger partial charge is 0.319 e. The first-order valence-electron chi connectivity index (χ1n) is 12.2. The highest BCUT2D eigenvalue weighted by Gasteiger charge is 2.25. The van der Waals surface area contributed by atoms with E-state index in [-0.39, 0.29) is 12.6 Å². The van der Waals surface area contributed by atoms with Crippen molar-refractivity contribution in [3.8, 4) is 5.69 Å². The number of halogens is 2. The summed E-state index contributed by atoms with van der Waals surface area (Å²) in [5, 5.41) is 6.89. The van der Waals surface area contributed by atoms with Gasteiger partial charge in [-0.05, 0) is 79.4 Å². The predicted octanol–water partition coefficient (Wildman–Crippen LogP) is 5.79. The molecule has 4 aromatic rings. The van der Waals surface area contributed by atoms with E-state index in [0.717, 1.165) is 29.6 Å². The van der Waals surface area contributed by atoms with Crippen LogP contribution in [0.15, 0.2) is 79.3 Å². The van der Waals surface area contributed by atoms with Gasteiger partial charge in [0.25, 0.3) is 6.43 Å². The molecule has 186 valence electrons. The number of anilines is 1. The number of piperidine rings is 1. The molecular weight excluding hydrogens is 460 g/mol. The highest BCUT2D eigenvalue weighted by Crippen LogP contribution is 2.36. The SMILES string of the molecule is O=C(NCc1cccnc1)Nc1ccc(-n2cc(C3CCN(CC(F)F)CC3)c3ccccc32)cc1. The van der Waals surface area contributed by atoms with Gasteiger partial charge in [0.15, 0.2) is 0 Å². The van der Waals surface area contributed by atoms with Crippen LogP contribution in [-0.4, -0.2) is 46.5 Å². The van der Waals surface area contributed by atoms with Crippen molar-refractivity contribution in [2.24, 2.45) is 0 Å². The molecule has 0 radical (unpaired) electrons. The highest BCUT2D eigenvalue weighted by molar-refractivity contribution is 5.89. The zero-order chi connectivity index (χ0) is 24.9. The number of urea groups is 1. The second-order valence-corrected chi connectivity index (χ2v) is 9.15. The Kier molecular flexibility index (Phi) is 7.23. The average molecular weight is 490 g/mol. The molecule has 0 spiro atoms. The van der Waals surface area contributed by atoms with Crippen molar-refractivity contribution in [2.45, 2.75) is 31.7 Å². The van der Waals surface area contributed by atoms with Gasteiger partial charge in [-0.25, -0.2) is 13.6 Å². The van der Waals surface area contributed by atoms with Crippen molar-refractivity contribution in [1.82, 2.24) is 19.8 Å². The molecule has 2 aromatic carbocycles. The van der Waals surface area contributed by atoms with E-state index in [9.17, 15) is 13.6 Å². The Hall–Kier alpha value is -3.78. The molecule has 2 aromatic heterocycles. The van der Waals surface area contributed by atoms with E-state index in [1.54, 1.807) is 12.4 Å². The monoisotopic (exact) mass is 489 g/mol. The molecule has 1 saturated heterocycles. The van der Waals surface area contributed by atoms with E-state index in [2.05, 4.69) is 38.5 Å². The van der Waals surface area contributed by atoms with Crippen molar-refractivity contribution in [3.63, 3.8) is 0 Å². The Morgan fingerprint density at radius 2 is 1.81 bits per heavy atom. The molecule has 1 aliphatic rings. The number of pyridine rings is 1. The maximum Gasteiger partial charge on any atom is 0.319 e. The van der Waals surface area contributed by atoms with E-state index in [1.165, 1.54) is 10.9 Å². The van der Waals surface area contributed by atoms with Crippen LogP contribution in [0, 0.1) is 0 Å². The van der Waals surface area contributed by atoms with E-state index < -0.39 is 6.43 Å². The average Bonchev–Trinajstić information content (AvgIpc) is 3.28. The van der Waals surface area contributed by atoms with Crippen LogP contribution in [0.25, 0.3) is 16.6 Å². The van der Waals surface area contributed by atoms with Crippen molar-refractivity contribution in [2.75, 3.05) is 25.0 Å². The molecule has 0 aliphatic carbocycles. The fraction of sp³-hybridized carbons (Fsp3) is 0.286. The lowest BCUT2D eigenvalue weighted by Gasteiger charge is -2.31. The number of nitrogens with zero attached hydrogens (tertiary/aromatic N) is 3. The van der Waals surface area contributed by atoms with Crippen LogP contribution in [0.5, 0.6) is 0 Å². The molecule has 1 fully saturated rings. The third-order valence-corrected chi connectivity index (χ3v) is 6.75. The summed E-state index contributed by atoms with van der Waals surface area (Å²) < 4.78 is 27.7. The number of benzene rings is 2. The number of aromatic nitrogens is 2. The summed E-state index contributed by atoms with van der Waals surface area (Å²) >= 11 is 0. The van der Waals surface area contributed by atoms with Crippen molar-refractivity contribution in [3.05, 3.63) is 90.4 Å². The Labute approximate surface area is 208 Å². The van der Waals surface area contributed by atoms with Crippen LogP contribution in [0.1, 0.15) is 29.9 Å². The van der Waals surface area contributed by atoms with Crippen LogP contribution < -0.4 is 10.6 Å². The lowest BCUT2D eigenvalue weighted by molar-refractivity contribution is 0.0755. The molecule has 5 rings (SSSR count). The molecule has 2 N–H and O–H groups in total. The zero-order valence-corrected chi connectivity index (χ0v) is 19.9. The van der Waals surface area contributed by atoms with Gasteiger partial charge in [0, 0.05) is 41.9 Å². The number of nitrogens with one attached hydrogen (secondary N) is 2. The molecular formula is C28H29F2N5O. The minimum absolute atomic E-state index is 0.143. The number of rotatable bonds is 7. The van der Waals surface area contributed by atoms with Crippen LogP contribution in [0.2, 0.25) is 0 Å². The maximum atomic E-state index is 12.8. The summed E-state index contributed by atoms with van der Waals surface area (Å²) in [7, 11) is 0. The third-order valence-electron chi connectivity index (χ3n) is 6.75. The number of alkyl halides is 2. The number of fused-ring (bicyclic) bond motifs is 1. The number of carbonyl (C=O) groups excluding carboxylic acids is 1. The van der Waals surface area contributed by atoms with Gasteiger partial charge in [-0.2, -0.15) is 0 Å².